The van der Waals surface area contributed by atoms with Gasteiger partial charge in [-0.15, -0.1) is 0 Å². The Morgan fingerprint density at radius 2 is 1.95 bits per heavy atom. The van der Waals surface area contributed by atoms with Crippen LogP contribution in [0.15, 0.2) is 16.7 Å². The van der Waals surface area contributed by atoms with Gasteiger partial charge in [0.25, 0.3) is 0 Å². The summed E-state index contributed by atoms with van der Waals surface area (Å²) in [7, 11) is -1.37. The number of hydrogen-bond donors (Lipinski definition) is 0. The molecule has 1 saturated heterocycles. The van der Waals surface area contributed by atoms with Crippen molar-refractivity contribution in [2.45, 2.75) is 37.0 Å². The van der Waals surface area contributed by atoms with E-state index in [2.05, 4.69) is 25.8 Å². The Morgan fingerprint density at radius 3 is 2.50 bits per heavy atom. The molecule has 5 nitrogen and oxygen atoms in total. The first-order chi connectivity index (χ1) is 10.4. The summed E-state index contributed by atoms with van der Waals surface area (Å²) in [4.78, 5) is 6.50. The van der Waals surface area contributed by atoms with Gasteiger partial charge in [0.1, 0.15) is 5.82 Å². The molecule has 1 aliphatic carbocycles. The Labute approximate surface area is 144 Å². The van der Waals surface area contributed by atoms with Crippen LogP contribution in [0.5, 0.6) is 0 Å². The Morgan fingerprint density at radius 1 is 1.32 bits per heavy atom. The lowest BCUT2D eigenvalue weighted by Gasteiger charge is -2.37. The lowest BCUT2D eigenvalue weighted by atomic mass is 10.1. The maximum absolute atomic E-state index is 12.3. The second-order valence-electron chi connectivity index (χ2n) is 5.94. The first-order valence-corrected chi connectivity index (χ1v) is 10.1. The largest absolute Gasteiger partial charge is 0.355 e. The van der Waals surface area contributed by atoms with Gasteiger partial charge in [0.05, 0.1) is 10.3 Å². The van der Waals surface area contributed by atoms with Crippen molar-refractivity contribution in [3.8, 4) is 0 Å². The Bertz CT molecular complexity index is 658. The molecular weight excluding hydrogens is 390 g/mol. The predicted molar refractivity (Wildman–Crippen MR) is 91.9 cm³/mol. The van der Waals surface area contributed by atoms with E-state index < -0.39 is 10.0 Å². The highest BCUT2D eigenvalue weighted by atomic mass is 79.9. The average Bonchev–Trinajstić information content (AvgIpc) is 3.32. The molecule has 0 bridgehead atoms. The molecular formula is C14H19BrClN3O2S. The molecule has 0 N–H and O–H groups in total. The zero-order chi connectivity index (χ0) is 15.9. The highest BCUT2D eigenvalue weighted by Crippen LogP contribution is 2.34. The normalized spacial score (nSPS) is 20.6. The maximum atomic E-state index is 12.3. The van der Waals surface area contributed by atoms with Crippen LogP contribution >= 0.6 is 27.5 Å². The number of anilines is 1. The van der Waals surface area contributed by atoms with Gasteiger partial charge < -0.3 is 4.90 Å². The zero-order valence-electron chi connectivity index (χ0n) is 12.4. The van der Waals surface area contributed by atoms with E-state index in [1.165, 1.54) is 0 Å². The van der Waals surface area contributed by atoms with Gasteiger partial charge in [0, 0.05) is 36.8 Å². The molecule has 0 radical (unpaired) electrons. The zero-order valence-corrected chi connectivity index (χ0v) is 15.5. The number of aromatic nitrogens is 1. The summed E-state index contributed by atoms with van der Waals surface area (Å²) in [6.07, 6.45) is 4.96. The molecule has 0 unspecified atom stereocenters. The molecule has 0 aromatic carbocycles. The van der Waals surface area contributed by atoms with Crippen LogP contribution in [-0.2, 0) is 10.0 Å². The second kappa shape index (κ2) is 6.26. The lowest BCUT2D eigenvalue weighted by molar-refractivity contribution is 0.311. The quantitative estimate of drug-likeness (QED) is 0.769. The van der Waals surface area contributed by atoms with E-state index in [9.17, 15) is 8.42 Å². The molecule has 1 aliphatic heterocycles. The minimum absolute atomic E-state index is 0.0797. The van der Waals surface area contributed by atoms with E-state index in [1.807, 2.05) is 6.07 Å². The van der Waals surface area contributed by atoms with Gasteiger partial charge in [-0.1, -0.05) is 11.6 Å². The monoisotopic (exact) mass is 407 g/mol. The van der Waals surface area contributed by atoms with Crippen LogP contribution in [0.2, 0.25) is 5.02 Å². The molecule has 2 heterocycles. The molecule has 22 heavy (non-hydrogen) atoms. The Hall–Kier alpha value is -0.370. The highest BCUT2D eigenvalue weighted by Gasteiger charge is 2.41. The van der Waals surface area contributed by atoms with E-state index in [0.717, 1.165) is 49.1 Å². The van der Waals surface area contributed by atoms with Crippen LogP contribution in [0.4, 0.5) is 5.82 Å². The first-order valence-electron chi connectivity index (χ1n) is 7.42. The van der Waals surface area contributed by atoms with Crippen LogP contribution in [0.3, 0.4) is 0 Å². The Kier molecular flexibility index (Phi) is 4.69. The lowest BCUT2D eigenvalue weighted by Crippen LogP contribution is -2.46. The minimum atomic E-state index is -3.09. The van der Waals surface area contributed by atoms with Gasteiger partial charge in [0.15, 0.2) is 0 Å². The molecule has 0 spiro atoms. The van der Waals surface area contributed by atoms with Crippen LogP contribution in [-0.4, -0.2) is 49.1 Å². The summed E-state index contributed by atoms with van der Waals surface area (Å²) in [6, 6.07) is 1.91. The fraction of sp³-hybridized carbons (Fsp3) is 0.643. The summed E-state index contributed by atoms with van der Waals surface area (Å²) in [5.41, 5.74) is 0. The van der Waals surface area contributed by atoms with E-state index in [0.29, 0.717) is 5.02 Å². The van der Waals surface area contributed by atoms with E-state index >= 15 is 0 Å². The van der Waals surface area contributed by atoms with Gasteiger partial charge in [0.2, 0.25) is 10.0 Å². The van der Waals surface area contributed by atoms with Gasteiger partial charge in [-0.2, -0.15) is 0 Å². The van der Waals surface area contributed by atoms with E-state index in [-0.39, 0.29) is 11.3 Å². The number of sulfonamides is 1. The van der Waals surface area contributed by atoms with Crippen molar-refractivity contribution in [1.82, 2.24) is 9.29 Å². The topological polar surface area (TPSA) is 53.5 Å². The molecule has 2 fully saturated rings. The van der Waals surface area contributed by atoms with Crippen molar-refractivity contribution in [2.24, 2.45) is 0 Å². The highest BCUT2D eigenvalue weighted by molar-refractivity contribution is 9.10. The molecule has 1 aromatic rings. The standard InChI is InChI=1S/C14H19BrClN3O2S/c1-18(22(20,21)12-2-3-12)11-4-6-19(7-5-11)14-13(16)8-10(15)9-17-14/h8-9,11-12H,2-7H2,1H3. The smallest absolute Gasteiger partial charge is 0.216 e. The number of pyridine rings is 1. The van der Waals surface area contributed by atoms with Crippen molar-refractivity contribution in [3.63, 3.8) is 0 Å². The molecule has 3 rings (SSSR count). The summed E-state index contributed by atoms with van der Waals surface area (Å²) in [6.45, 7) is 1.53. The summed E-state index contributed by atoms with van der Waals surface area (Å²) in [5.74, 6) is 0.774. The molecule has 2 aliphatic rings. The van der Waals surface area contributed by atoms with Gasteiger partial charge >= 0.3 is 0 Å². The summed E-state index contributed by atoms with van der Waals surface area (Å²) < 4.78 is 27.1. The third kappa shape index (κ3) is 3.27. The van der Waals surface area contributed by atoms with Crippen molar-refractivity contribution >= 4 is 43.4 Å². The van der Waals surface area contributed by atoms with E-state index in [1.54, 1.807) is 17.5 Å². The van der Waals surface area contributed by atoms with Crippen LogP contribution in [0.1, 0.15) is 25.7 Å². The molecule has 0 amide bonds. The summed E-state index contributed by atoms with van der Waals surface area (Å²) in [5, 5.41) is 0.477. The van der Waals surface area contributed by atoms with Crippen molar-refractivity contribution < 1.29 is 8.42 Å². The van der Waals surface area contributed by atoms with Crippen molar-refractivity contribution in [1.29, 1.82) is 0 Å². The summed E-state index contributed by atoms with van der Waals surface area (Å²) >= 11 is 9.60. The third-order valence-electron chi connectivity index (χ3n) is 4.41. The first kappa shape index (κ1) is 16.5. The van der Waals surface area contributed by atoms with Crippen LogP contribution < -0.4 is 4.90 Å². The molecule has 8 heteroatoms. The third-order valence-corrected chi connectivity index (χ3v) is 7.54. The number of hydrogen-bond acceptors (Lipinski definition) is 4. The molecule has 122 valence electrons. The molecule has 1 saturated carbocycles. The fourth-order valence-electron chi connectivity index (χ4n) is 2.89. The Balaban J connectivity index is 1.65. The molecule has 1 aromatic heterocycles. The minimum Gasteiger partial charge on any atom is -0.355 e. The predicted octanol–water partition coefficient (Wildman–Crippen LogP) is 2.89. The maximum Gasteiger partial charge on any atom is 0.216 e. The van der Waals surface area contributed by atoms with Crippen molar-refractivity contribution in [2.75, 3.05) is 25.0 Å². The second-order valence-corrected chi connectivity index (χ2v) is 9.53. The van der Waals surface area contributed by atoms with Crippen LogP contribution in [0, 0.1) is 0 Å². The molecule has 0 atom stereocenters. The van der Waals surface area contributed by atoms with Gasteiger partial charge in [-0.3, -0.25) is 0 Å². The van der Waals surface area contributed by atoms with Gasteiger partial charge in [-0.25, -0.2) is 17.7 Å². The van der Waals surface area contributed by atoms with Gasteiger partial charge in [-0.05, 0) is 47.7 Å². The average molecular weight is 409 g/mol. The SMILES string of the molecule is CN(C1CCN(c2ncc(Br)cc2Cl)CC1)S(=O)(=O)C1CC1. The van der Waals surface area contributed by atoms with Crippen LogP contribution in [0.25, 0.3) is 0 Å². The number of halogens is 2. The van der Waals surface area contributed by atoms with E-state index in [4.69, 9.17) is 11.6 Å². The van der Waals surface area contributed by atoms with Crippen molar-refractivity contribution in [3.05, 3.63) is 21.8 Å². The fourth-order valence-corrected chi connectivity index (χ4v) is 5.47. The number of nitrogens with zero attached hydrogens (tertiary/aromatic N) is 3. The number of rotatable bonds is 4. The number of piperidine rings is 1.